The molecule has 4 rings (SSSR count). The van der Waals surface area contributed by atoms with Gasteiger partial charge >= 0.3 is 0 Å². The van der Waals surface area contributed by atoms with Crippen molar-refractivity contribution in [3.05, 3.63) is 30.5 Å². The number of hydrogen-bond donors (Lipinski definition) is 0. The number of carbonyl (C=O) groups excluding carboxylic acids is 2. The molecule has 1 aliphatic carbocycles. The fourth-order valence-electron chi connectivity index (χ4n) is 4.42. The number of aromatic nitrogens is 3. The third-order valence-electron chi connectivity index (χ3n) is 5.89. The maximum atomic E-state index is 13.0. The number of carbonyl (C=O) groups is 2. The molecule has 1 unspecified atom stereocenters. The lowest BCUT2D eigenvalue weighted by atomic mass is 10.0. The van der Waals surface area contributed by atoms with E-state index < -0.39 is 0 Å². The normalized spacial score (nSPS) is 21.6. The Labute approximate surface area is 159 Å². The Balaban J connectivity index is 1.51. The van der Waals surface area contributed by atoms with E-state index in [1.54, 1.807) is 19.3 Å². The molecule has 2 aromatic rings. The Kier molecular flexibility index (Phi) is 5.09. The molecule has 0 radical (unpaired) electrons. The molecule has 2 aromatic heterocycles. The van der Waals surface area contributed by atoms with Crippen molar-refractivity contribution in [2.45, 2.75) is 39.0 Å². The summed E-state index contributed by atoms with van der Waals surface area (Å²) in [6.45, 7) is 4.25. The summed E-state index contributed by atoms with van der Waals surface area (Å²) in [7, 11) is 0. The third kappa shape index (κ3) is 3.96. The van der Waals surface area contributed by atoms with Gasteiger partial charge in [0.15, 0.2) is 5.65 Å². The Morgan fingerprint density at radius 1 is 1.11 bits per heavy atom. The van der Waals surface area contributed by atoms with Crippen molar-refractivity contribution in [1.29, 1.82) is 0 Å². The van der Waals surface area contributed by atoms with E-state index in [0.29, 0.717) is 26.2 Å². The minimum absolute atomic E-state index is 0.0770. The molecule has 2 aliphatic rings. The predicted octanol–water partition coefficient (Wildman–Crippen LogP) is 1.77. The van der Waals surface area contributed by atoms with Gasteiger partial charge in [-0.3, -0.25) is 14.6 Å². The Morgan fingerprint density at radius 3 is 2.63 bits per heavy atom. The van der Waals surface area contributed by atoms with Crippen LogP contribution in [0.15, 0.2) is 24.8 Å². The van der Waals surface area contributed by atoms with Gasteiger partial charge < -0.3 is 14.2 Å². The summed E-state index contributed by atoms with van der Waals surface area (Å²) >= 11 is 0. The molecule has 1 aliphatic heterocycles. The Bertz CT molecular complexity index is 827. The summed E-state index contributed by atoms with van der Waals surface area (Å²) in [5.41, 5.74) is 1.78. The lowest BCUT2D eigenvalue weighted by Crippen LogP contribution is -2.39. The summed E-state index contributed by atoms with van der Waals surface area (Å²) < 4.78 is 1.96. The van der Waals surface area contributed by atoms with E-state index in [4.69, 9.17) is 0 Å². The first-order valence-electron chi connectivity index (χ1n) is 9.92. The molecule has 0 aromatic carbocycles. The number of imidazole rings is 1. The highest BCUT2D eigenvalue weighted by atomic mass is 16.2. The molecular weight excluding hydrogens is 342 g/mol. The maximum Gasteiger partial charge on any atom is 0.225 e. The Hall–Kier alpha value is -2.44. The number of hydrogen-bond acceptors (Lipinski definition) is 4. The third-order valence-corrected chi connectivity index (χ3v) is 5.89. The maximum absolute atomic E-state index is 13.0. The second-order valence-corrected chi connectivity index (χ2v) is 7.87. The van der Waals surface area contributed by atoms with Crippen LogP contribution >= 0.6 is 0 Å². The minimum atomic E-state index is 0.0770. The molecule has 0 bridgehead atoms. The van der Waals surface area contributed by atoms with E-state index in [1.807, 2.05) is 26.6 Å². The van der Waals surface area contributed by atoms with Gasteiger partial charge in [-0.2, -0.15) is 0 Å². The van der Waals surface area contributed by atoms with Gasteiger partial charge in [-0.15, -0.1) is 0 Å². The predicted molar refractivity (Wildman–Crippen MR) is 101 cm³/mol. The molecule has 0 spiro atoms. The summed E-state index contributed by atoms with van der Waals surface area (Å²) in [6.07, 6.45) is 12.5. The van der Waals surface area contributed by atoms with Crippen LogP contribution in [0.25, 0.3) is 5.65 Å². The second kappa shape index (κ2) is 7.66. The van der Waals surface area contributed by atoms with Gasteiger partial charge in [0.1, 0.15) is 0 Å². The topological polar surface area (TPSA) is 70.8 Å². The molecule has 0 N–H and O–H groups in total. The van der Waals surface area contributed by atoms with Crippen LogP contribution in [0.5, 0.6) is 0 Å². The molecule has 1 saturated heterocycles. The molecular formula is C20H27N5O2. The number of amides is 2. The van der Waals surface area contributed by atoms with Crippen LogP contribution in [-0.2, 0) is 16.0 Å². The lowest BCUT2D eigenvalue weighted by Gasteiger charge is -2.26. The fraction of sp³-hybridized carbons (Fsp3) is 0.600. The lowest BCUT2D eigenvalue weighted by molar-refractivity contribution is -0.136. The highest BCUT2D eigenvalue weighted by Crippen LogP contribution is 2.27. The summed E-state index contributed by atoms with van der Waals surface area (Å²) in [5, 5.41) is 0. The molecule has 7 heteroatoms. The molecule has 1 saturated carbocycles. The Morgan fingerprint density at radius 2 is 1.85 bits per heavy atom. The monoisotopic (exact) mass is 369 g/mol. The van der Waals surface area contributed by atoms with Crippen LogP contribution < -0.4 is 0 Å². The molecule has 2 fully saturated rings. The van der Waals surface area contributed by atoms with Crippen molar-refractivity contribution in [2.75, 3.05) is 26.2 Å². The molecule has 3 heterocycles. The van der Waals surface area contributed by atoms with E-state index in [2.05, 4.69) is 9.97 Å². The van der Waals surface area contributed by atoms with E-state index in [1.165, 1.54) is 0 Å². The van der Waals surface area contributed by atoms with Crippen LogP contribution in [0.3, 0.4) is 0 Å². The molecule has 2 amide bonds. The summed E-state index contributed by atoms with van der Waals surface area (Å²) in [4.78, 5) is 37.6. The van der Waals surface area contributed by atoms with E-state index in [9.17, 15) is 9.59 Å². The smallest absolute Gasteiger partial charge is 0.225 e. The zero-order chi connectivity index (χ0) is 18.8. The quantitative estimate of drug-likeness (QED) is 0.827. The van der Waals surface area contributed by atoms with Crippen LogP contribution in [0.1, 0.15) is 38.3 Å². The van der Waals surface area contributed by atoms with Crippen LogP contribution in [-0.4, -0.2) is 62.2 Å². The van der Waals surface area contributed by atoms with Gasteiger partial charge in [0.2, 0.25) is 11.8 Å². The highest BCUT2D eigenvalue weighted by molar-refractivity contribution is 5.79. The average Bonchev–Trinajstić information content (AvgIpc) is 3.30. The fourth-order valence-corrected chi connectivity index (χ4v) is 4.42. The van der Waals surface area contributed by atoms with Crippen molar-refractivity contribution in [1.82, 2.24) is 24.2 Å². The van der Waals surface area contributed by atoms with Crippen molar-refractivity contribution in [2.24, 2.45) is 11.8 Å². The summed E-state index contributed by atoms with van der Waals surface area (Å²) in [6, 6.07) is 0. The number of rotatable bonds is 3. The van der Waals surface area contributed by atoms with Gasteiger partial charge in [0.25, 0.3) is 0 Å². The van der Waals surface area contributed by atoms with Gasteiger partial charge in [-0.25, -0.2) is 4.98 Å². The van der Waals surface area contributed by atoms with Gasteiger partial charge in [0.05, 0.1) is 11.9 Å². The zero-order valence-electron chi connectivity index (χ0n) is 15.9. The van der Waals surface area contributed by atoms with E-state index in [0.717, 1.165) is 43.4 Å². The number of fused-ring (bicyclic) bond motifs is 1. The molecule has 144 valence electrons. The highest BCUT2D eigenvalue weighted by Gasteiger charge is 2.32. The second-order valence-electron chi connectivity index (χ2n) is 7.87. The zero-order valence-corrected chi connectivity index (χ0v) is 15.9. The van der Waals surface area contributed by atoms with E-state index >= 15 is 0 Å². The van der Waals surface area contributed by atoms with Gasteiger partial charge in [0, 0.05) is 57.6 Å². The SMILES string of the molecule is CC(=O)N1CCN(C(=O)C2CCCC2)CC(Cc2cn3ccnc3cn2)C1. The number of nitrogens with zero attached hydrogens (tertiary/aromatic N) is 5. The average molecular weight is 369 g/mol. The molecule has 27 heavy (non-hydrogen) atoms. The van der Waals surface area contributed by atoms with Crippen molar-refractivity contribution in [3.8, 4) is 0 Å². The van der Waals surface area contributed by atoms with Crippen LogP contribution in [0.2, 0.25) is 0 Å². The largest absolute Gasteiger partial charge is 0.341 e. The van der Waals surface area contributed by atoms with Crippen LogP contribution in [0, 0.1) is 11.8 Å². The first-order valence-corrected chi connectivity index (χ1v) is 9.92. The first-order chi connectivity index (χ1) is 13.1. The van der Waals surface area contributed by atoms with E-state index in [-0.39, 0.29) is 23.7 Å². The first kappa shape index (κ1) is 17.9. The van der Waals surface area contributed by atoms with Gasteiger partial charge in [-0.1, -0.05) is 12.8 Å². The van der Waals surface area contributed by atoms with Gasteiger partial charge in [-0.05, 0) is 25.2 Å². The van der Waals surface area contributed by atoms with Crippen molar-refractivity contribution < 1.29 is 9.59 Å². The van der Waals surface area contributed by atoms with Crippen molar-refractivity contribution >= 4 is 17.5 Å². The summed E-state index contributed by atoms with van der Waals surface area (Å²) in [5.74, 6) is 0.722. The minimum Gasteiger partial charge on any atom is -0.341 e. The standard InChI is InChI=1S/C20H27N5O2/c1-15(26)23-8-9-25(20(27)17-4-2-3-5-17)13-16(12-23)10-18-14-24-7-6-21-19(24)11-22-18/h6-7,11,14,16-17H,2-5,8-10,12-13H2,1H3. The van der Waals surface area contributed by atoms with Crippen molar-refractivity contribution in [3.63, 3.8) is 0 Å². The molecule has 7 nitrogen and oxygen atoms in total. The molecule has 1 atom stereocenters. The van der Waals surface area contributed by atoms with Crippen LogP contribution in [0.4, 0.5) is 0 Å².